The number of hydrogen-bond acceptors (Lipinski definition) is 1. The third kappa shape index (κ3) is 2.52. The van der Waals surface area contributed by atoms with Crippen molar-refractivity contribution in [2.45, 2.75) is 52.6 Å². The van der Waals surface area contributed by atoms with Crippen LogP contribution in [0, 0.1) is 5.41 Å². The van der Waals surface area contributed by atoms with E-state index in [1.807, 2.05) is 21.5 Å². The van der Waals surface area contributed by atoms with Crippen molar-refractivity contribution in [2.75, 3.05) is 0 Å². The first-order valence-corrected chi connectivity index (χ1v) is 5.75. The summed E-state index contributed by atoms with van der Waals surface area (Å²) >= 11 is 0. The van der Waals surface area contributed by atoms with Crippen molar-refractivity contribution in [1.82, 2.24) is 9.13 Å². The summed E-state index contributed by atoms with van der Waals surface area (Å²) in [6, 6.07) is 0.494. The lowest BCUT2D eigenvalue weighted by Gasteiger charge is -2.17. The molecule has 0 aromatic carbocycles. The van der Waals surface area contributed by atoms with Gasteiger partial charge in [0, 0.05) is 25.0 Å². The van der Waals surface area contributed by atoms with Crippen LogP contribution >= 0.6 is 0 Å². The summed E-state index contributed by atoms with van der Waals surface area (Å²) in [4.78, 5) is 11.9. The van der Waals surface area contributed by atoms with Crippen LogP contribution in [0.25, 0.3) is 0 Å². The van der Waals surface area contributed by atoms with Crippen LogP contribution in [0.1, 0.15) is 46.1 Å². The van der Waals surface area contributed by atoms with Crippen LogP contribution in [0.5, 0.6) is 0 Å². The highest BCUT2D eigenvalue weighted by atomic mass is 16.1. The van der Waals surface area contributed by atoms with Gasteiger partial charge in [0.2, 0.25) is 0 Å². The Hall–Kier alpha value is -0.990. The summed E-state index contributed by atoms with van der Waals surface area (Å²) in [5, 5.41) is 0. The minimum atomic E-state index is 0.168. The normalized spacial score (nSPS) is 17.0. The van der Waals surface area contributed by atoms with Crippen molar-refractivity contribution in [1.29, 1.82) is 0 Å². The monoisotopic (exact) mass is 208 g/mol. The zero-order valence-electron chi connectivity index (χ0n) is 9.86. The number of imidazole rings is 1. The summed E-state index contributed by atoms with van der Waals surface area (Å²) in [6.45, 7) is 7.45. The number of aryl methyl sites for hydroxylation is 1. The molecule has 1 aliphatic rings. The van der Waals surface area contributed by atoms with Gasteiger partial charge < -0.3 is 0 Å². The average molecular weight is 208 g/mol. The van der Waals surface area contributed by atoms with Crippen LogP contribution in [0.15, 0.2) is 17.2 Å². The second kappa shape index (κ2) is 3.54. The molecule has 0 radical (unpaired) electrons. The summed E-state index contributed by atoms with van der Waals surface area (Å²) < 4.78 is 3.71. The Morgan fingerprint density at radius 2 is 2.00 bits per heavy atom. The fourth-order valence-corrected chi connectivity index (χ4v) is 1.68. The van der Waals surface area contributed by atoms with Gasteiger partial charge in [0.25, 0.3) is 0 Å². The molecule has 1 aliphatic carbocycles. The van der Waals surface area contributed by atoms with Gasteiger partial charge in [-0.2, -0.15) is 0 Å². The van der Waals surface area contributed by atoms with Gasteiger partial charge in [0.1, 0.15) is 0 Å². The van der Waals surface area contributed by atoms with Crippen LogP contribution in [0.4, 0.5) is 0 Å². The Morgan fingerprint density at radius 1 is 1.33 bits per heavy atom. The van der Waals surface area contributed by atoms with E-state index in [0.29, 0.717) is 11.5 Å². The van der Waals surface area contributed by atoms with Crippen molar-refractivity contribution in [3.8, 4) is 0 Å². The van der Waals surface area contributed by atoms with E-state index >= 15 is 0 Å². The van der Waals surface area contributed by atoms with Crippen molar-refractivity contribution < 1.29 is 0 Å². The fraction of sp³-hybridized carbons (Fsp3) is 0.750. The predicted octanol–water partition coefficient (Wildman–Crippen LogP) is 2.42. The first kappa shape index (κ1) is 10.5. The lowest BCUT2D eigenvalue weighted by Crippen LogP contribution is -2.25. The predicted molar refractivity (Wildman–Crippen MR) is 61.0 cm³/mol. The first-order valence-electron chi connectivity index (χ1n) is 5.75. The second-order valence-corrected chi connectivity index (χ2v) is 5.72. The number of rotatable bonds is 3. The summed E-state index contributed by atoms with van der Waals surface area (Å²) in [5.41, 5.74) is 0.461. The van der Waals surface area contributed by atoms with Crippen LogP contribution in [-0.4, -0.2) is 9.13 Å². The van der Waals surface area contributed by atoms with Crippen molar-refractivity contribution in [3.63, 3.8) is 0 Å². The molecule has 2 rings (SSSR count). The van der Waals surface area contributed by atoms with Gasteiger partial charge in [-0.25, -0.2) is 4.79 Å². The summed E-state index contributed by atoms with van der Waals surface area (Å²) in [7, 11) is 0. The molecule has 1 saturated carbocycles. The van der Waals surface area contributed by atoms with E-state index in [1.165, 1.54) is 12.8 Å². The summed E-state index contributed by atoms with van der Waals surface area (Å²) in [5.74, 6) is 0. The third-order valence-electron chi connectivity index (χ3n) is 2.92. The highest BCUT2D eigenvalue weighted by Gasteiger charge is 2.25. The number of hydrogen-bond donors (Lipinski definition) is 0. The van der Waals surface area contributed by atoms with Crippen LogP contribution in [0.2, 0.25) is 0 Å². The van der Waals surface area contributed by atoms with E-state index in [9.17, 15) is 4.79 Å². The molecule has 0 aliphatic heterocycles. The lowest BCUT2D eigenvalue weighted by atomic mass is 9.92. The molecule has 1 heterocycles. The molecule has 0 spiro atoms. The molecule has 0 N–H and O–H groups in total. The molecule has 84 valence electrons. The average Bonchev–Trinajstić information content (AvgIpc) is 2.88. The van der Waals surface area contributed by atoms with E-state index in [2.05, 4.69) is 20.8 Å². The Balaban J connectivity index is 2.06. The maximum absolute atomic E-state index is 11.9. The van der Waals surface area contributed by atoms with Crippen molar-refractivity contribution in [2.24, 2.45) is 5.41 Å². The molecule has 0 bridgehead atoms. The number of nitrogens with zero attached hydrogens (tertiary/aromatic N) is 2. The second-order valence-electron chi connectivity index (χ2n) is 5.72. The Morgan fingerprint density at radius 3 is 2.53 bits per heavy atom. The van der Waals surface area contributed by atoms with E-state index in [1.54, 1.807) is 0 Å². The Kier molecular flexibility index (Phi) is 2.49. The highest BCUT2D eigenvalue weighted by Crippen LogP contribution is 2.33. The van der Waals surface area contributed by atoms with Gasteiger partial charge in [-0.3, -0.25) is 9.13 Å². The van der Waals surface area contributed by atoms with E-state index < -0.39 is 0 Å². The maximum Gasteiger partial charge on any atom is 0.328 e. The van der Waals surface area contributed by atoms with Gasteiger partial charge in [-0.05, 0) is 24.7 Å². The minimum Gasteiger partial charge on any atom is -0.299 e. The van der Waals surface area contributed by atoms with Crippen LogP contribution in [0.3, 0.4) is 0 Å². The van der Waals surface area contributed by atoms with Gasteiger partial charge in [0.15, 0.2) is 0 Å². The Bertz CT molecular complexity index is 390. The smallest absolute Gasteiger partial charge is 0.299 e. The third-order valence-corrected chi connectivity index (χ3v) is 2.92. The molecule has 0 amide bonds. The highest BCUT2D eigenvalue weighted by molar-refractivity contribution is 4.91. The quantitative estimate of drug-likeness (QED) is 0.749. The molecule has 0 atom stereocenters. The SMILES string of the molecule is CC(C)(C)CCn1ccn(C2CC2)c1=O. The van der Waals surface area contributed by atoms with E-state index in [-0.39, 0.29) is 5.69 Å². The molecule has 1 fully saturated rings. The molecule has 0 unspecified atom stereocenters. The standard InChI is InChI=1S/C12H20N2O/c1-12(2,3)6-7-13-8-9-14(11(13)15)10-4-5-10/h8-10H,4-7H2,1-3H3. The van der Waals surface area contributed by atoms with Gasteiger partial charge in [-0.15, -0.1) is 0 Å². The molecule has 1 aromatic rings. The van der Waals surface area contributed by atoms with Crippen LogP contribution in [-0.2, 0) is 6.54 Å². The topological polar surface area (TPSA) is 26.9 Å². The van der Waals surface area contributed by atoms with Crippen molar-refractivity contribution >= 4 is 0 Å². The lowest BCUT2D eigenvalue weighted by molar-refractivity contribution is 0.347. The Labute approximate surface area is 90.7 Å². The zero-order chi connectivity index (χ0) is 11.1. The molecule has 3 nitrogen and oxygen atoms in total. The van der Waals surface area contributed by atoms with Crippen molar-refractivity contribution in [3.05, 3.63) is 22.9 Å². The summed E-state index contributed by atoms with van der Waals surface area (Å²) in [6.07, 6.45) is 7.24. The molecular formula is C12H20N2O. The molecule has 0 saturated heterocycles. The fourth-order valence-electron chi connectivity index (χ4n) is 1.68. The maximum atomic E-state index is 11.9. The van der Waals surface area contributed by atoms with Gasteiger partial charge in [0.05, 0.1) is 0 Å². The first-order chi connectivity index (χ1) is 6.97. The molecule has 15 heavy (non-hydrogen) atoms. The molecule has 3 heteroatoms. The van der Waals surface area contributed by atoms with Gasteiger partial charge >= 0.3 is 5.69 Å². The minimum absolute atomic E-state index is 0.168. The molecular weight excluding hydrogens is 188 g/mol. The van der Waals surface area contributed by atoms with Gasteiger partial charge in [-0.1, -0.05) is 20.8 Å². The van der Waals surface area contributed by atoms with E-state index in [0.717, 1.165) is 13.0 Å². The van der Waals surface area contributed by atoms with Crippen LogP contribution < -0.4 is 5.69 Å². The number of aromatic nitrogens is 2. The van der Waals surface area contributed by atoms with E-state index in [4.69, 9.17) is 0 Å². The zero-order valence-corrected chi connectivity index (χ0v) is 9.86. The molecule has 1 aromatic heterocycles. The largest absolute Gasteiger partial charge is 0.328 e.